The molecule has 18 heavy (non-hydrogen) atoms. The normalized spacial score (nSPS) is 15.5. The van der Waals surface area contributed by atoms with E-state index in [1.54, 1.807) is 0 Å². The fourth-order valence-electron chi connectivity index (χ4n) is 1.68. The van der Waals surface area contributed by atoms with Gasteiger partial charge in [-0.15, -0.1) is 0 Å². The van der Waals surface area contributed by atoms with Crippen LogP contribution in [0.2, 0.25) is 0 Å². The number of rotatable bonds is 4. The summed E-state index contributed by atoms with van der Waals surface area (Å²) in [6.07, 6.45) is -6.05. The van der Waals surface area contributed by atoms with Crippen molar-refractivity contribution in [1.82, 2.24) is 0 Å². The highest BCUT2D eigenvalue weighted by Crippen LogP contribution is 2.31. The van der Waals surface area contributed by atoms with E-state index in [1.807, 2.05) is 0 Å². The second-order valence-electron chi connectivity index (χ2n) is 4.37. The molecule has 0 spiro atoms. The van der Waals surface area contributed by atoms with E-state index in [-0.39, 0.29) is 18.4 Å². The van der Waals surface area contributed by atoms with Gasteiger partial charge >= 0.3 is 6.18 Å². The Morgan fingerprint density at radius 3 is 2.28 bits per heavy atom. The van der Waals surface area contributed by atoms with Crippen molar-refractivity contribution in [2.45, 2.75) is 38.0 Å². The molecular weight excluding hydrogens is 255 g/mol. The second kappa shape index (κ2) is 5.22. The van der Waals surface area contributed by atoms with E-state index >= 15 is 0 Å². The molecule has 0 saturated heterocycles. The van der Waals surface area contributed by atoms with Gasteiger partial charge in [0, 0.05) is 12.0 Å². The largest absolute Gasteiger partial charge is 0.389 e. The molecule has 1 aromatic carbocycles. The number of aliphatic hydroxyl groups is 1. The van der Waals surface area contributed by atoms with Crippen molar-refractivity contribution >= 4 is 0 Å². The fourth-order valence-corrected chi connectivity index (χ4v) is 1.68. The highest BCUT2D eigenvalue weighted by molar-refractivity contribution is 5.24. The molecule has 1 nitrogen and oxygen atoms in total. The van der Waals surface area contributed by atoms with Gasteiger partial charge in [0.2, 0.25) is 0 Å². The Bertz CT molecular complexity index is 411. The predicted molar refractivity (Wildman–Crippen MR) is 55.8 cm³/mol. The van der Waals surface area contributed by atoms with Crippen LogP contribution in [0.4, 0.5) is 22.0 Å². The summed E-state index contributed by atoms with van der Waals surface area (Å²) in [6.45, 7) is 1.17. The van der Waals surface area contributed by atoms with Crippen molar-refractivity contribution in [2.75, 3.05) is 0 Å². The molecule has 0 amide bonds. The van der Waals surface area contributed by atoms with Crippen LogP contribution < -0.4 is 0 Å². The van der Waals surface area contributed by atoms with E-state index in [4.69, 9.17) is 0 Å². The molecule has 0 aliphatic heterocycles. The van der Waals surface area contributed by atoms with E-state index < -0.39 is 29.8 Å². The minimum atomic E-state index is -4.32. The highest BCUT2D eigenvalue weighted by atomic mass is 19.4. The number of benzene rings is 1. The number of hydrogen-bond acceptors (Lipinski definition) is 1. The molecule has 0 aliphatic rings. The van der Waals surface area contributed by atoms with E-state index in [1.165, 1.54) is 6.92 Å². The molecule has 102 valence electrons. The zero-order valence-corrected chi connectivity index (χ0v) is 9.69. The standard InChI is InChI=1S/C12H13F5O/c1-11(18,5-2-6-12(15,16)17)9-7-8(13)3-4-10(9)14/h3-4,7,18H,2,5-6H2,1H3. The molecule has 6 heteroatoms. The van der Waals surface area contributed by atoms with Crippen LogP contribution in [-0.2, 0) is 5.60 Å². The van der Waals surface area contributed by atoms with Crippen molar-refractivity contribution in [3.05, 3.63) is 35.4 Å². The Labute approximate surface area is 101 Å². The van der Waals surface area contributed by atoms with Gasteiger partial charge < -0.3 is 5.11 Å². The summed E-state index contributed by atoms with van der Waals surface area (Å²) < 4.78 is 62.2. The Balaban J connectivity index is 2.76. The Morgan fingerprint density at radius 2 is 1.72 bits per heavy atom. The Hall–Kier alpha value is -1.17. The maximum Gasteiger partial charge on any atom is 0.389 e. The minimum absolute atomic E-state index is 0.299. The lowest BCUT2D eigenvalue weighted by Crippen LogP contribution is -2.23. The SMILES string of the molecule is CC(O)(CCCC(F)(F)F)c1cc(F)ccc1F. The molecule has 1 atom stereocenters. The first-order valence-corrected chi connectivity index (χ1v) is 5.36. The summed E-state index contributed by atoms with van der Waals surface area (Å²) in [5.41, 5.74) is -2.15. The lowest BCUT2D eigenvalue weighted by atomic mass is 9.90. The second-order valence-corrected chi connectivity index (χ2v) is 4.37. The van der Waals surface area contributed by atoms with Crippen molar-refractivity contribution in [3.8, 4) is 0 Å². The minimum Gasteiger partial charge on any atom is -0.385 e. The smallest absolute Gasteiger partial charge is 0.385 e. The highest BCUT2D eigenvalue weighted by Gasteiger charge is 2.31. The topological polar surface area (TPSA) is 20.2 Å². The first-order chi connectivity index (χ1) is 8.12. The molecule has 0 bridgehead atoms. The van der Waals surface area contributed by atoms with Crippen molar-refractivity contribution in [3.63, 3.8) is 0 Å². The summed E-state index contributed by atoms with van der Waals surface area (Å²) in [4.78, 5) is 0. The van der Waals surface area contributed by atoms with Gasteiger partial charge in [0.25, 0.3) is 0 Å². The summed E-state index contributed by atoms with van der Waals surface area (Å²) in [7, 11) is 0. The first-order valence-electron chi connectivity index (χ1n) is 5.36. The number of alkyl halides is 3. The van der Waals surface area contributed by atoms with E-state index in [0.29, 0.717) is 0 Å². The van der Waals surface area contributed by atoms with E-state index in [2.05, 4.69) is 0 Å². The van der Waals surface area contributed by atoms with Gasteiger partial charge in [-0.05, 0) is 38.0 Å². The summed E-state index contributed by atoms with van der Waals surface area (Å²) in [5, 5.41) is 9.91. The van der Waals surface area contributed by atoms with Gasteiger partial charge in [0.1, 0.15) is 11.6 Å². The molecule has 1 rings (SSSR count). The van der Waals surface area contributed by atoms with Crippen LogP contribution in [0.3, 0.4) is 0 Å². The van der Waals surface area contributed by atoms with Crippen LogP contribution in [0.15, 0.2) is 18.2 Å². The van der Waals surface area contributed by atoms with Gasteiger partial charge in [-0.1, -0.05) is 0 Å². The van der Waals surface area contributed by atoms with Gasteiger partial charge in [0.15, 0.2) is 0 Å². The third-order valence-electron chi connectivity index (χ3n) is 2.63. The summed E-state index contributed by atoms with van der Waals surface area (Å²) in [5.74, 6) is -1.59. The quantitative estimate of drug-likeness (QED) is 0.821. The molecule has 0 fully saturated rings. The third kappa shape index (κ3) is 4.25. The maximum atomic E-state index is 13.4. The molecule has 1 unspecified atom stereocenters. The lowest BCUT2D eigenvalue weighted by molar-refractivity contribution is -0.137. The van der Waals surface area contributed by atoms with E-state index in [9.17, 15) is 27.1 Å². The molecule has 0 saturated carbocycles. The molecule has 0 aromatic heterocycles. The van der Waals surface area contributed by atoms with Crippen molar-refractivity contribution in [2.24, 2.45) is 0 Å². The molecule has 0 radical (unpaired) electrons. The van der Waals surface area contributed by atoms with Crippen LogP contribution in [0.1, 0.15) is 31.7 Å². The average molecular weight is 268 g/mol. The van der Waals surface area contributed by atoms with Gasteiger partial charge in [-0.2, -0.15) is 13.2 Å². The summed E-state index contributed by atoms with van der Waals surface area (Å²) in [6, 6.07) is 2.51. The zero-order chi connectivity index (χ0) is 14.0. The summed E-state index contributed by atoms with van der Waals surface area (Å²) >= 11 is 0. The van der Waals surface area contributed by atoms with Crippen LogP contribution in [0, 0.1) is 11.6 Å². The first kappa shape index (κ1) is 14.9. The van der Waals surface area contributed by atoms with Crippen LogP contribution in [0.5, 0.6) is 0 Å². The Morgan fingerprint density at radius 1 is 1.11 bits per heavy atom. The molecule has 0 aliphatic carbocycles. The lowest BCUT2D eigenvalue weighted by Gasteiger charge is -2.24. The predicted octanol–water partition coefficient (Wildman–Crippen LogP) is 3.90. The average Bonchev–Trinajstić information content (AvgIpc) is 2.19. The number of hydrogen-bond donors (Lipinski definition) is 1. The maximum absolute atomic E-state index is 13.4. The van der Waals surface area contributed by atoms with Gasteiger partial charge in [-0.25, -0.2) is 8.78 Å². The molecular formula is C12H13F5O. The van der Waals surface area contributed by atoms with Crippen LogP contribution in [0.25, 0.3) is 0 Å². The Kier molecular flexibility index (Phi) is 4.32. The van der Waals surface area contributed by atoms with Gasteiger partial charge in [0.05, 0.1) is 5.60 Å². The van der Waals surface area contributed by atoms with E-state index in [0.717, 1.165) is 18.2 Å². The third-order valence-corrected chi connectivity index (χ3v) is 2.63. The number of halogens is 5. The van der Waals surface area contributed by atoms with Crippen LogP contribution >= 0.6 is 0 Å². The van der Waals surface area contributed by atoms with Crippen molar-refractivity contribution in [1.29, 1.82) is 0 Å². The fraction of sp³-hybridized carbons (Fsp3) is 0.500. The molecule has 0 heterocycles. The molecule has 1 N–H and O–H groups in total. The monoisotopic (exact) mass is 268 g/mol. The van der Waals surface area contributed by atoms with Crippen LogP contribution in [-0.4, -0.2) is 11.3 Å². The molecule has 1 aromatic rings. The zero-order valence-electron chi connectivity index (χ0n) is 9.69. The van der Waals surface area contributed by atoms with Gasteiger partial charge in [-0.3, -0.25) is 0 Å². The van der Waals surface area contributed by atoms with Crippen molar-refractivity contribution < 1.29 is 27.1 Å².